The van der Waals surface area contributed by atoms with Crippen LogP contribution in [0.25, 0.3) is 0 Å². The van der Waals surface area contributed by atoms with Crippen molar-refractivity contribution >= 4 is 29.2 Å². The van der Waals surface area contributed by atoms with Gasteiger partial charge in [-0.3, -0.25) is 15.0 Å². The zero-order valence-corrected chi connectivity index (χ0v) is 21.0. The molecule has 2 aromatic carbocycles. The van der Waals surface area contributed by atoms with E-state index in [4.69, 9.17) is 15.9 Å². The molecule has 0 saturated carbocycles. The summed E-state index contributed by atoms with van der Waals surface area (Å²) in [5.41, 5.74) is 9.30. The SMILES string of the molecule is Cc1cnc(NCc2cc(CO)cc(OC(C)C)c2CC(=O)O)c(C(=O)Nc2ccc(C(=N)N)cc2)c1. The summed E-state index contributed by atoms with van der Waals surface area (Å²) in [5.74, 6) is -0.777. The molecule has 0 radical (unpaired) electrons. The molecule has 1 aromatic heterocycles. The molecule has 0 aliphatic carbocycles. The average molecular weight is 506 g/mol. The van der Waals surface area contributed by atoms with Gasteiger partial charge in [-0.25, -0.2) is 4.98 Å². The number of nitrogen functional groups attached to an aromatic ring is 1. The van der Waals surface area contributed by atoms with Crippen LogP contribution in [0, 0.1) is 12.3 Å². The van der Waals surface area contributed by atoms with Crippen molar-refractivity contribution in [2.45, 2.75) is 46.4 Å². The van der Waals surface area contributed by atoms with E-state index < -0.39 is 11.9 Å². The molecule has 37 heavy (non-hydrogen) atoms. The van der Waals surface area contributed by atoms with E-state index in [-0.39, 0.29) is 31.5 Å². The number of carbonyl (C=O) groups is 2. The van der Waals surface area contributed by atoms with Crippen molar-refractivity contribution < 1.29 is 24.5 Å². The molecule has 3 aromatic rings. The fourth-order valence-electron chi connectivity index (χ4n) is 3.72. The Morgan fingerprint density at radius 3 is 2.46 bits per heavy atom. The smallest absolute Gasteiger partial charge is 0.307 e. The first-order valence-corrected chi connectivity index (χ1v) is 11.7. The summed E-state index contributed by atoms with van der Waals surface area (Å²) in [6.45, 7) is 5.40. The zero-order chi connectivity index (χ0) is 27.1. The van der Waals surface area contributed by atoms with Crippen molar-refractivity contribution in [3.8, 4) is 5.75 Å². The molecule has 0 fully saturated rings. The summed E-state index contributed by atoms with van der Waals surface area (Å²) < 4.78 is 5.85. The van der Waals surface area contributed by atoms with Crippen LogP contribution in [-0.2, 0) is 24.4 Å². The molecule has 10 nitrogen and oxygen atoms in total. The van der Waals surface area contributed by atoms with Gasteiger partial charge in [-0.1, -0.05) is 6.07 Å². The Balaban J connectivity index is 1.90. The number of nitrogens with two attached hydrogens (primary N) is 1. The number of aliphatic hydroxyl groups excluding tert-OH is 1. The second-order valence-electron chi connectivity index (χ2n) is 8.83. The summed E-state index contributed by atoms with van der Waals surface area (Å²) in [4.78, 5) is 29.1. The third kappa shape index (κ3) is 7.28. The number of amides is 1. The Hall–Kier alpha value is -4.44. The van der Waals surface area contributed by atoms with Gasteiger partial charge >= 0.3 is 5.97 Å². The lowest BCUT2D eigenvalue weighted by atomic mass is 9.99. The maximum Gasteiger partial charge on any atom is 0.307 e. The first-order valence-electron chi connectivity index (χ1n) is 11.7. The molecule has 7 N–H and O–H groups in total. The minimum absolute atomic E-state index is 0.0678. The summed E-state index contributed by atoms with van der Waals surface area (Å²) in [5, 5.41) is 32.7. The number of benzene rings is 2. The standard InChI is InChI=1S/C27H31N5O5/c1-15(2)37-23-10-17(14-33)9-19(21(23)11-24(34)35)13-31-26-22(8-16(3)12-30-26)27(36)32-20-6-4-18(5-7-20)25(28)29/h4-10,12,15,33H,11,13-14H2,1-3H3,(H3,28,29)(H,30,31)(H,32,36)(H,34,35). The number of nitrogens with one attached hydrogen (secondary N) is 3. The molecule has 0 aliphatic heterocycles. The molecule has 0 atom stereocenters. The number of aryl methyl sites for hydroxylation is 1. The number of carboxylic acid groups (broad SMARTS) is 1. The zero-order valence-electron chi connectivity index (χ0n) is 21.0. The number of pyridine rings is 1. The fraction of sp³-hybridized carbons (Fsp3) is 0.259. The van der Waals surface area contributed by atoms with Gasteiger partial charge in [0.25, 0.3) is 5.91 Å². The lowest BCUT2D eigenvalue weighted by Crippen LogP contribution is -2.18. The van der Waals surface area contributed by atoms with E-state index in [9.17, 15) is 19.8 Å². The Labute approximate surface area is 215 Å². The van der Waals surface area contributed by atoms with Crippen LogP contribution in [0.1, 0.15) is 52.0 Å². The molecule has 194 valence electrons. The van der Waals surface area contributed by atoms with Crippen LogP contribution in [0.2, 0.25) is 0 Å². The Morgan fingerprint density at radius 2 is 1.86 bits per heavy atom. The number of hydrogen-bond donors (Lipinski definition) is 6. The van der Waals surface area contributed by atoms with E-state index in [0.29, 0.717) is 45.1 Å². The summed E-state index contributed by atoms with van der Waals surface area (Å²) in [7, 11) is 0. The van der Waals surface area contributed by atoms with Crippen LogP contribution < -0.4 is 21.1 Å². The number of aromatic nitrogens is 1. The molecule has 0 spiro atoms. The number of aliphatic carboxylic acids is 1. The Kier molecular flexibility index (Phi) is 8.81. The van der Waals surface area contributed by atoms with Gasteiger partial charge in [-0.2, -0.15) is 0 Å². The minimum Gasteiger partial charge on any atom is -0.491 e. The van der Waals surface area contributed by atoms with E-state index in [1.807, 2.05) is 20.8 Å². The fourth-order valence-corrected chi connectivity index (χ4v) is 3.72. The second-order valence-corrected chi connectivity index (χ2v) is 8.83. The van der Waals surface area contributed by atoms with Crippen LogP contribution >= 0.6 is 0 Å². The molecule has 0 aliphatic rings. The van der Waals surface area contributed by atoms with E-state index in [2.05, 4.69) is 15.6 Å². The normalized spacial score (nSPS) is 10.7. The van der Waals surface area contributed by atoms with E-state index in [1.54, 1.807) is 48.7 Å². The van der Waals surface area contributed by atoms with Gasteiger partial charge in [0.1, 0.15) is 17.4 Å². The van der Waals surface area contributed by atoms with Gasteiger partial charge in [0.05, 0.1) is 24.7 Å². The van der Waals surface area contributed by atoms with Gasteiger partial charge in [0.15, 0.2) is 0 Å². The number of aliphatic hydroxyl groups is 1. The Morgan fingerprint density at radius 1 is 1.16 bits per heavy atom. The van der Waals surface area contributed by atoms with Crippen LogP contribution in [0.3, 0.4) is 0 Å². The molecule has 1 heterocycles. The van der Waals surface area contributed by atoms with E-state index in [1.165, 1.54) is 0 Å². The quantitative estimate of drug-likeness (QED) is 0.170. The van der Waals surface area contributed by atoms with E-state index >= 15 is 0 Å². The van der Waals surface area contributed by atoms with Gasteiger partial charge in [-0.05, 0) is 73.9 Å². The van der Waals surface area contributed by atoms with Crippen molar-refractivity contribution in [1.82, 2.24) is 4.98 Å². The van der Waals surface area contributed by atoms with Crippen LogP contribution in [0.4, 0.5) is 11.5 Å². The number of ether oxygens (including phenoxy) is 1. The van der Waals surface area contributed by atoms with Gasteiger partial charge < -0.3 is 31.3 Å². The number of carboxylic acids is 1. The number of amidine groups is 1. The molecular formula is C27H31N5O5. The molecule has 3 rings (SSSR count). The second kappa shape index (κ2) is 12.0. The predicted molar refractivity (Wildman–Crippen MR) is 141 cm³/mol. The van der Waals surface area contributed by atoms with E-state index in [0.717, 1.165) is 5.56 Å². The lowest BCUT2D eigenvalue weighted by molar-refractivity contribution is -0.136. The first-order chi connectivity index (χ1) is 17.6. The first kappa shape index (κ1) is 27.2. The molecule has 1 amide bonds. The van der Waals surface area contributed by atoms with Crippen LogP contribution in [0.15, 0.2) is 48.7 Å². The number of carbonyl (C=O) groups excluding carboxylic acids is 1. The largest absolute Gasteiger partial charge is 0.491 e. The number of hydrogen-bond acceptors (Lipinski definition) is 7. The highest BCUT2D eigenvalue weighted by molar-refractivity contribution is 6.07. The van der Waals surface area contributed by atoms with Gasteiger partial charge in [0.2, 0.25) is 0 Å². The Bertz CT molecular complexity index is 1310. The van der Waals surface area contributed by atoms with Crippen molar-refractivity contribution in [1.29, 1.82) is 5.41 Å². The summed E-state index contributed by atoms with van der Waals surface area (Å²) >= 11 is 0. The number of nitrogens with zero attached hydrogens (tertiary/aromatic N) is 1. The average Bonchev–Trinajstić information content (AvgIpc) is 2.84. The highest BCUT2D eigenvalue weighted by atomic mass is 16.5. The van der Waals surface area contributed by atoms with Crippen molar-refractivity contribution in [2.75, 3.05) is 10.6 Å². The van der Waals surface area contributed by atoms with Gasteiger partial charge in [0, 0.05) is 29.6 Å². The summed E-state index contributed by atoms with van der Waals surface area (Å²) in [6.07, 6.45) is 1.16. The van der Waals surface area contributed by atoms with Crippen LogP contribution in [0.5, 0.6) is 5.75 Å². The molecule has 0 unspecified atom stereocenters. The predicted octanol–water partition coefficient (Wildman–Crippen LogP) is 3.45. The number of anilines is 2. The van der Waals surface area contributed by atoms with Gasteiger partial charge in [-0.15, -0.1) is 0 Å². The monoisotopic (exact) mass is 505 g/mol. The summed E-state index contributed by atoms with van der Waals surface area (Å²) in [6, 6.07) is 11.6. The highest BCUT2D eigenvalue weighted by Crippen LogP contribution is 2.28. The molecule has 10 heteroatoms. The lowest BCUT2D eigenvalue weighted by Gasteiger charge is -2.19. The maximum absolute atomic E-state index is 13.1. The van der Waals surface area contributed by atoms with Crippen LogP contribution in [-0.4, -0.2) is 39.0 Å². The molecule has 0 bridgehead atoms. The molecule has 0 saturated heterocycles. The third-order valence-electron chi connectivity index (χ3n) is 5.40. The van der Waals surface area contributed by atoms with Crippen molar-refractivity contribution in [3.63, 3.8) is 0 Å². The third-order valence-corrected chi connectivity index (χ3v) is 5.40. The van der Waals surface area contributed by atoms with Crippen molar-refractivity contribution in [2.24, 2.45) is 5.73 Å². The highest BCUT2D eigenvalue weighted by Gasteiger charge is 2.18. The molecular weight excluding hydrogens is 474 g/mol. The minimum atomic E-state index is -1.02. The maximum atomic E-state index is 13.1. The topological polar surface area (TPSA) is 171 Å². The number of rotatable bonds is 11. The van der Waals surface area contributed by atoms with Crippen molar-refractivity contribution in [3.05, 3.63) is 82.0 Å².